The van der Waals surface area contributed by atoms with Gasteiger partial charge in [-0.05, 0) is 104 Å². The molecule has 17 nitrogen and oxygen atoms in total. The lowest BCUT2D eigenvalue weighted by molar-refractivity contribution is -0.256. The summed E-state index contributed by atoms with van der Waals surface area (Å²) in [7, 11) is 3.04. The first-order chi connectivity index (χ1) is 34.2. The van der Waals surface area contributed by atoms with E-state index in [1.165, 1.54) is 7.11 Å². The van der Waals surface area contributed by atoms with E-state index >= 15 is 0 Å². The van der Waals surface area contributed by atoms with E-state index in [0.717, 1.165) is 42.4 Å². The second kappa shape index (κ2) is 23.9. The third kappa shape index (κ3) is 11.2. The van der Waals surface area contributed by atoms with E-state index in [2.05, 4.69) is 18.0 Å². The molecule has 5 aliphatic rings. The van der Waals surface area contributed by atoms with Crippen molar-refractivity contribution in [3.8, 4) is 34.5 Å². The SMILES string of the molecule is C=CCO[C@@]12Oc3ccc(OC(=O)Nc4ccc(OC)cc4OC)cc3[C@H]3[C@H](CCCCO)[C@@H](CCCCO)C=C(C(=NOC4CCCCO4)C[C@@H]1N(Cc1ccc4c(c1)OCO4)C(=O)OCCCl)[C@H]32. The highest BCUT2D eigenvalue weighted by Crippen LogP contribution is 2.62. The van der Waals surface area contributed by atoms with Crippen molar-refractivity contribution in [3.05, 3.63) is 90.0 Å². The molecule has 18 heteroatoms. The average Bonchev–Trinajstić information content (AvgIpc) is 3.86. The van der Waals surface area contributed by atoms with Gasteiger partial charge < -0.3 is 57.7 Å². The molecule has 0 radical (unpaired) electrons. The molecule has 3 aliphatic heterocycles. The normalized spacial score (nSPS) is 24.5. The largest absolute Gasteiger partial charge is 0.497 e. The second-order valence-corrected chi connectivity index (χ2v) is 18.3. The number of allylic oxidation sites excluding steroid dienone is 1. The van der Waals surface area contributed by atoms with Gasteiger partial charge in [-0.25, -0.2) is 9.59 Å². The Kier molecular flexibility index (Phi) is 17.3. The van der Waals surface area contributed by atoms with E-state index in [9.17, 15) is 19.8 Å². The van der Waals surface area contributed by atoms with Gasteiger partial charge in [-0.1, -0.05) is 36.2 Å². The van der Waals surface area contributed by atoms with E-state index in [4.69, 9.17) is 64.2 Å². The third-order valence-electron chi connectivity index (χ3n) is 13.6. The Morgan fingerprint density at radius 2 is 1.76 bits per heavy atom. The molecule has 0 spiro atoms. The fourth-order valence-corrected chi connectivity index (χ4v) is 10.6. The molecule has 1 saturated heterocycles. The quantitative estimate of drug-likeness (QED) is 0.0373. The molecular weight excluding hydrogens is 926 g/mol. The number of oxime groups is 1. The lowest BCUT2D eigenvalue weighted by Gasteiger charge is -2.59. The number of hydrogen-bond acceptors (Lipinski definition) is 15. The van der Waals surface area contributed by atoms with Crippen LogP contribution >= 0.6 is 11.6 Å². The Labute approximate surface area is 413 Å². The van der Waals surface area contributed by atoms with E-state index in [0.29, 0.717) is 78.9 Å². The van der Waals surface area contributed by atoms with E-state index in [1.54, 1.807) is 48.4 Å². The molecule has 2 aliphatic carbocycles. The average molecular weight is 991 g/mol. The number of rotatable bonds is 22. The maximum absolute atomic E-state index is 14.8. The van der Waals surface area contributed by atoms with Gasteiger partial charge >= 0.3 is 12.2 Å². The van der Waals surface area contributed by atoms with Gasteiger partial charge in [0.05, 0.1) is 50.6 Å². The number of halogens is 1. The molecule has 2 amide bonds. The maximum Gasteiger partial charge on any atom is 0.417 e. The molecule has 0 bridgehead atoms. The van der Waals surface area contributed by atoms with Gasteiger partial charge in [-0.3, -0.25) is 10.2 Å². The van der Waals surface area contributed by atoms with Crippen LogP contribution in [-0.2, 0) is 25.6 Å². The first-order valence-electron chi connectivity index (χ1n) is 24.2. The molecular formula is C52H64ClN3O14. The van der Waals surface area contributed by atoms with Gasteiger partial charge in [-0.15, -0.1) is 18.2 Å². The number of unbranched alkanes of at least 4 members (excludes halogenated alkanes) is 2. The number of methoxy groups -OCH3 is 2. The van der Waals surface area contributed by atoms with Crippen LogP contribution in [0.5, 0.6) is 34.5 Å². The summed E-state index contributed by atoms with van der Waals surface area (Å²) in [4.78, 5) is 36.3. The fraction of sp³-hybridized carbons (Fsp3) is 0.519. The zero-order valence-corrected chi connectivity index (χ0v) is 40.6. The summed E-state index contributed by atoms with van der Waals surface area (Å²) in [6, 6.07) is 14.9. The summed E-state index contributed by atoms with van der Waals surface area (Å²) in [5.74, 6) is 0.0286. The zero-order valence-electron chi connectivity index (χ0n) is 39.8. The van der Waals surface area contributed by atoms with Gasteiger partial charge in [-0.2, -0.15) is 0 Å². The number of carbonyl (C=O) groups excluding carboxylic acids is 2. The van der Waals surface area contributed by atoms with Gasteiger partial charge in [0, 0.05) is 50.1 Å². The number of anilines is 1. The monoisotopic (exact) mass is 989 g/mol. The van der Waals surface area contributed by atoms with Gasteiger partial charge in [0.15, 0.2) is 11.5 Å². The van der Waals surface area contributed by atoms with E-state index in [-0.39, 0.29) is 69.7 Å². The van der Waals surface area contributed by atoms with Crippen LogP contribution < -0.4 is 33.7 Å². The molecule has 3 aromatic rings. The van der Waals surface area contributed by atoms with Crippen molar-refractivity contribution in [2.75, 3.05) is 65.2 Å². The minimum Gasteiger partial charge on any atom is -0.497 e. The number of nitrogens with zero attached hydrogens (tertiary/aromatic N) is 2. The number of alkyl halides is 1. The van der Waals surface area contributed by atoms with Crippen LogP contribution in [0.4, 0.5) is 15.3 Å². The minimum absolute atomic E-state index is 0.0218. The zero-order chi connectivity index (χ0) is 49.0. The molecule has 378 valence electrons. The smallest absolute Gasteiger partial charge is 0.417 e. The Balaban J connectivity index is 1.29. The molecule has 7 atom stereocenters. The first kappa shape index (κ1) is 50.7. The molecule has 2 fully saturated rings. The first-order valence-corrected chi connectivity index (χ1v) is 24.7. The lowest BCUT2D eigenvalue weighted by atomic mass is 9.55. The van der Waals surface area contributed by atoms with Crippen LogP contribution in [-0.4, -0.2) is 111 Å². The van der Waals surface area contributed by atoms with E-state index in [1.807, 2.05) is 24.3 Å². The summed E-state index contributed by atoms with van der Waals surface area (Å²) in [6.07, 6.45) is 8.61. The third-order valence-corrected chi connectivity index (χ3v) is 13.8. The van der Waals surface area contributed by atoms with Crippen molar-refractivity contribution < 1.29 is 67.3 Å². The number of aliphatic hydroxyl groups excluding tert-OH is 2. The van der Waals surface area contributed by atoms with Gasteiger partial charge in [0.25, 0.3) is 0 Å². The molecule has 3 N–H and O–H groups in total. The number of nitrogens with one attached hydrogen (secondary N) is 1. The molecule has 1 saturated carbocycles. The molecule has 3 heterocycles. The van der Waals surface area contributed by atoms with Crippen molar-refractivity contribution in [1.29, 1.82) is 0 Å². The minimum atomic E-state index is -1.61. The molecule has 3 aromatic carbocycles. The predicted octanol–water partition coefficient (Wildman–Crippen LogP) is 9.08. The van der Waals surface area contributed by atoms with Crippen molar-refractivity contribution >= 4 is 35.2 Å². The van der Waals surface area contributed by atoms with Crippen molar-refractivity contribution in [3.63, 3.8) is 0 Å². The number of hydrogen-bond donors (Lipinski definition) is 3. The van der Waals surface area contributed by atoms with Crippen molar-refractivity contribution in [2.24, 2.45) is 22.9 Å². The van der Waals surface area contributed by atoms with Gasteiger partial charge in [0.2, 0.25) is 18.9 Å². The van der Waals surface area contributed by atoms with Crippen LogP contribution in [0, 0.1) is 17.8 Å². The molecule has 70 heavy (non-hydrogen) atoms. The summed E-state index contributed by atoms with van der Waals surface area (Å²) in [6.45, 7) is 4.75. The van der Waals surface area contributed by atoms with Crippen LogP contribution in [0.3, 0.4) is 0 Å². The van der Waals surface area contributed by atoms with Crippen LogP contribution in [0.2, 0.25) is 0 Å². The molecule has 0 aromatic heterocycles. The predicted molar refractivity (Wildman–Crippen MR) is 259 cm³/mol. The van der Waals surface area contributed by atoms with Crippen LogP contribution in [0.1, 0.15) is 81.3 Å². The Hall–Kier alpha value is -5.72. The topological polar surface area (TPSA) is 195 Å². The Bertz CT molecular complexity index is 2360. The molecule has 1 unspecified atom stereocenters. The second-order valence-electron chi connectivity index (χ2n) is 17.9. The standard InChI is InChI=1S/C52H64ClN3O14/c1-4-23-67-52-46(56(51(60)64-25-20-53)31-33-14-18-43-45(26-33)66-32-65-43)30-41(55-70-47-13-7-10-24-63-47)38-27-34(11-5-8-21-57)37(12-6-9-22-58)48(49(38)52)39-28-36(16-19-42(39)69-52)68-50(59)54-40-17-15-35(61-2)29-44(40)62-3/h4,14-19,26-29,34,37,46-49,57-58H,1,5-13,20-25,30-32H2,2-3H3,(H,54,59)/t34-,37+,46-,47?,48+,49+,52+/m0/s1. The number of carbonyl (C=O) groups is 2. The van der Waals surface area contributed by atoms with Gasteiger partial charge in [0.1, 0.15) is 35.6 Å². The van der Waals surface area contributed by atoms with Crippen LogP contribution in [0.25, 0.3) is 0 Å². The highest BCUT2D eigenvalue weighted by Gasteiger charge is 2.66. The van der Waals surface area contributed by atoms with Crippen LogP contribution in [0.15, 0.2) is 84.1 Å². The molecule has 8 rings (SSSR count). The van der Waals surface area contributed by atoms with Crippen molar-refractivity contribution in [1.82, 2.24) is 4.90 Å². The number of amides is 2. The summed E-state index contributed by atoms with van der Waals surface area (Å²) in [5.41, 5.74) is 3.27. The Morgan fingerprint density at radius 3 is 2.51 bits per heavy atom. The summed E-state index contributed by atoms with van der Waals surface area (Å²) in [5, 5.41) is 27.8. The number of benzene rings is 3. The van der Waals surface area contributed by atoms with E-state index < -0.39 is 42.1 Å². The number of aliphatic hydroxyl groups is 2. The summed E-state index contributed by atoms with van der Waals surface area (Å²) >= 11 is 6.15. The summed E-state index contributed by atoms with van der Waals surface area (Å²) < 4.78 is 54.6. The lowest BCUT2D eigenvalue weighted by Crippen LogP contribution is -2.70. The Morgan fingerprint density at radius 1 is 0.957 bits per heavy atom. The number of fused-ring (bicyclic) bond motifs is 3. The number of ether oxygens (including phenoxy) is 9. The fourth-order valence-electron chi connectivity index (χ4n) is 10.5. The highest BCUT2D eigenvalue weighted by atomic mass is 35.5. The highest BCUT2D eigenvalue weighted by molar-refractivity contribution is 6.18. The maximum atomic E-state index is 14.8. The van der Waals surface area contributed by atoms with Crippen molar-refractivity contribution in [2.45, 2.75) is 94.8 Å².